The van der Waals surface area contributed by atoms with Gasteiger partial charge in [0, 0.05) is 6.04 Å². The van der Waals surface area contributed by atoms with Gasteiger partial charge in [0.15, 0.2) is 0 Å². The number of hydrogen-bond acceptors (Lipinski definition) is 2. The summed E-state index contributed by atoms with van der Waals surface area (Å²) in [5, 5.41) is 0. The summed E-state index contributed by atoms with van der Waals surface area (Å²) in [5.41, 5.74) is 5.50. The fourth-order valence-corrected chi connectivity index (χ4v) is 2.98. The third-order valence-electron chi connectivity index (χ3n) is 4.10. The van der Waals surface area contributed by atoms with E-state index in [1.807, 2.05) is 0 Å². The van der Waals surface area contributed by atoms with Gasteiger partial charge in [-0.2, -0.15) is 0 Å². The fraction of sp³-hybridized carbons (Fsp3) is 1.00. The molecule has 0 heterocycles. The third kappa shape index (κ3) is 4.84. The molecule has 1 saturated carbocycles. The molecule has 16 heavy (non-hydrogen) atoms. The molecule has 0 bridgehead atoms. The molecule has 2 atom stereocenters. The summed E-state index contributed by atoms with van der Waals surface area (Å²) in [6.45, 7) is 4.56. The first kappa shape index (κ1) is 14.0. The van der Waals surface area contributed by atoms with Crippen molar-refractivity contribution < 1.29 is 0 Å². The lowest BCUT2D eigenvalue weighted by molar-refractivity contribution is 0.137. The Labute approximate surface area is 102 Å². The molecule has 0 aromatic heterocycles. The molecule has 96 valence electrons. The lowest BCUT2D eigenvalue weighted by atomic mass is 9.85. The zero-order valence-electron chi connectivity index (χ0n) is 11.3. The maximum absolute atomic E-state index is 5.50. The van der Waals surface area contributed by atoms with Crippen LogP contribution in [0.25, 0.3) is 0 Å². The molecule has 0 aliphatic heterocycles. The van der Waals surface area contributed by atoms with Gasteiger partial charge in [-0.05, 0) is 51.7 Å². The number of nitrogens with two attached hydrogens (primary N) is 1. The molecule has 1 fully saturated rings. The highest BCUT2D eigenvalue weighted by Gasteiger charge is 2.24. The first-order chi connectivity index (χ1) is 7.75. The van der Waals surface area contributed by atoms with Crippen molar-refractivity contribution in [2.75, 3.05) is 20.1 Å². The Kier molecular flexibility index (Phi) is 7.06. The van der Waals surface area contributed by atoms with Crippen molar-refractivity contribution >= 4 is 0 Å². The summed E-state index contributed by atoms with van der Waals surface area (Å²) in [5.74, 6) is 0.905. The average molecular weight is 226 g/mol. The molecule has 0 amide bonds. The lowest BCUT2D eigenvalue weighted by Crippen LogP contribution is -2.39. The van der Waals surface area contributed by atoms with Gasteiger partial charge in [-0.25, -0.2) is 0 Å². The van der Waals surface area contributed by atoms with Crippen LogP contribution in [0, 0.1) is 5.92 Å². The minimum absolute atomic E-state index is 0.850. The Morgan fingerprint density at radius 3 is 2.44 bits per heavy atom. The van der Waals surface area contributed by atoms with Gasteiger partial charge in [-0.15, -0.1) is 0 Å². The average Bonchev–Trinajstić information content (AvgIpc) is 2.29. The molecule has 1 aliphatic rings. The van der Waals surface area contributed by atoms with E-state index in [9.17, 15) is 0 Å². The Hall–Kier alpha value is -0.0800. The van der Waals surface area contributed by atoms with Gasteiger partial charge in [0.25, 0.3) is 0 Å². The molecule has 2 N–H and O–H groups in total. The molecule has 0 aromatic rings. The molecule has 0 saturated heterocycles. The van der Waals surface area contributed by atoms with Gasteiger partial charge in [0.05, 0.1) is 0 Å². The highest BCUT2D eigenvalue weighted by Crippen LogP contribution is 2.27. The molecule has 1 aliphatic carbocycles. The van der Waals surface area contributed by atoms with Crippen molar-refractivity contribution in [3.05, 3.63) is 0 Å². The zero-order chi connectivity index (χ0) is 11.8. The smallest absolute Gasteiger partial charge is 0.0118 e. The maximum atomic E-state index is 5.50. The summed E-state index contributed by atoms with van der Waals surface area (Å²) in [6, 6.07) is 0.850. The fourth-order valence-electron chi connectivity index (χ4n) is 2.98. The van der Waals surface area contributed by atoms with Crippen LogP contribution in [0.2, 0.25) is 0 Å². The monoisotopic (exact) mass is 226 g/mol. The third-order valence-corrected chi connectivity index (χ3v) is 4.10. The zero-order valence-corrected chi connectivity index (χ0v) is 11.3. The SMILES string of the molecule is CC1CCCCC1N(C)CCCCCCN. The van der Waals surface area contributed by atoms with Crippen LogP contribution in [0.4, 0.5) is 0 Å². The number of nitrogens with zero attached hydrogens (tertiary/aromatic N) is 1. The van der Waals surface area contributed by atoms with E-state index in [1.54, 1.807) is 0 Å². The molecular weight excluding hydrogens is 196 g/mol. The van der Waals surface area contributed by atoms with Crippen LogP contribution in [-0.4, -0.2) is 31.1 Å². The van der Waals surface area contributed by atoms with Gasteiger partial charge in [-0.1, -0.05) is 32.6 Å². The van der Waals surface area contributed by atoms with Crippen LogP contribution < -0.4 is 5.73 Å². The molecule has 1 rings (SSSR count). The highest BCUT2D eigenvalue weighted by molar-refractivity contribution is 4.79. The van der Waals surface area contributed by atoms with Crippen LogP contribution in [0.5, 0.6) is 0 Å². The molecule has 2 heteroatoms. The second-order valence-electron chi connectivity index (χ2n) is 5.51. The predicted octanol–water partition coefficient (Wildman–Crippen LogP) is 3.02. The van der Waals surface area contributed by atoms with E-state index in [4.69, 9.17) is 5.73 Å². The van der Waals surface area contributed by atoms with Crippen LogP contribution in [0.1, 0.15) is 58.3 Å². The number of hydrogen-bond donors (Lipinski definition) is 1. The van der Waals surface area contributed by atoms with E-state index in [2.05, 4.69) is 18.9 Å². The molecule has 0 radical (unpaired) electrons. The van der Waals surface area contributed by atoms with Crippen LogP contribution >= 0.6 is 0 Å². The van der Waals surface area contributed by atoms with Gasteiger partial charge < -0.3 is 10.6 Å². The van der Waals surface area contributed by atoms with Gasteiger partial charge >= 0.3 is 0 Å². The first-order valence-corrected chi connectivity index (χ1v) is 7.16. The first-order valence-electron chi connectivity index (χ1n) is 7.16. The number of rotatable bonds is 7. The number of unbranched alkanes of at least 4 members (excludes halogenated alkanes) is 3. The summed E-state index contributed by atoms with van der Waals surface area (Å²) in [6.07, 6.45) is 10.9. The van der Waals surface area contributed by atoms with Gasteiger partial charge in [0.2, 0.25) is 0 Å². The van der Waals surface area contributed by atoms with E-state index in [1.165, 1.54) is 57.9 Å². The van der Waals surface area contributed by atoms with Crippen LogP contribution in [0.15, 0.2) is 0 Å². The Morgan fingerprint density at radius 2 is 1.75 bits per heavy atom. The highest BCUT2D eigenvalue weighted by atomic mass is 15.1. The summed E-state index contributed by atoms with van der Waals surface area (Å²) < 4.78 is 0. The van der Waals surface area contributed by atoms with Crippen LogP contribution in [-0.2, 0) is 0 Å². The predicted molar refractivity (Wildman–Crippen MR) is 71.6 cm³/mol. The van der Waals surface area contributed by atoms with E-state index >= 15 is 0 Å². The lowest BCUT2D eigenvalue weighted by Gasteiger charge is -2.36. The Balaban J connectivity index is 2.10. The minimum atomic E-state index is 0.850. The second-order valence-corrected chi connectivity index (χ2v) is 5.51. The van der Waals surface area contributed by atoms with Gasteiger partial charge in [0.1, 0.15) is 0 Å². The quantitative estimate of drug-likeness (QED) is 0.676. The van der Waals surface area contributed by atoms with Crippen molar-refractivity contribution in [3.63, 3.8) is 0 Å². The molecule has 2 unspecified atom stereocenters. The standard InChI is InChI=1S/C14H30N2/c1-13-9-5-6-10-14(13)16(2)12-8-4-3-7-11-15/h13-14H,3-12,15H2,1-2H3. The molecule has 0 spiro atoms. The minimum Gasteiger partial charge on any atom is -0.330 e. The van der Waals surface area contributed by atoms with Crippen LogP contribution in [0.3, 0.4) is 0 Å². The summed E-state index contributed by atoms with van der Waals surface area (Å²) in [7, 11) is 2.31. The second kappa shape index (κ2) is 8.08. The van der Waals surface area contributed by atoms with E-state index in [0.717, 1.165) is 18.5 Å². The maximum Gasteiger partial charge on any atom is 0.0118 e. The summed E-state index contributed by atoms with van der Waals surface area (Å²) in [4.78, 5) is 2.60. The normalized spacial score (nSPS) is 26.2. The summed E-state index contributed by atoms with van der Waals surface area (Å²) >= 11 is 0. The van der Waals surface area contributed by atoms with Crippen molar-refractivity contribution in [2.45, 2.75) is 64.3 Å². The van der Waals surface area contributed by atoms with Gasteiger partial charge in [-0.3, -0.25) is 0 Å². The topological polar surface area (TPSA) is 29.3 Å². The van der Waals surface area contributed by atoms with Crippen molar-refractivity contribution in [2.24, 2.45) is 11.7 Å². The van der Waals surface area contributed by atoms with E-state index < -0.39 is 0 Å². The Morgan fingerprint density at radius 1 is 1.06 bits per heavy atom. The molecule has 2 nitrogen and oxygen atoms in total. The van der Waals surface area contributed by atoms with E-state index in [-0.39, 0.29) is 0 Å². The molecular formula is C14H30N2. The largest absolute Gasteiger partial charge is 0.330 e. The molecule has 0 aromatic carbocycles. The van der Waals surface area contributed by atoms with E-state index in [0.29, 0.717) is 0 Å². The van der Waals surface area contributed by atoms with Crippen molar-refractivity contribution in [1.82, 2.24) is 4.90 Å². The Bertz CT molecular complexity index is 170. The van der Waals surface area contributed by atoms with Crippen molar-refractivity contribution in [3.8, 4) is 0 Å². The van der Waals surface area contributed by atoms with Crippen molar-refractivity contribution in [1.29, 1.82) is 0 Å².